The van der Waals surface area contributed by atoms with Crippen LogP contribution in [0, 0.1) is 0 Å². The smallest absolute Gasteiger partial charge is 0.238 e. The molecule has 0 amide bonds. The Morgan fingerprint density at radius 3 is 3.24 bits per heavy atom. The Morgan fingerprint density at radius 1 is 1.53 bits per heavy atom. The zero-order valence-corrected chi connectivity index (χ0v) is 10.2. The van der Waals surface area contributed by atoms with Crippen molar-refractivity contribution in [1.29, 1.82) is 0 Å². The Balaban J connectivity index is 1.85. The highest BCUT2D eigenvalue weighted by atomic mass is 32.2. The van der Waals surface area contributed by atoms with Crippen molar-refractivity contribution in [2.75, 3.05) is 18.6 Å². The van der Waals surface area contributed by atoms with Gasteiger partial charge < -0.3 is 14.8 Å². The molecule has 0 saturated carbocycles. The first kappa shape index (κ1) is 10.8. The van der Waals surface area contributed by atoms with Crippen LogP contribution in [-0.4, -0.2) is 44.7 Å². The van der Waals surface area contributed by atoms with E-state index in [2.05, 4.69) is 25.4 Å². The van der Waals surface area contributed by atoms with Crippen LogP contribution >= 0.6 is 11.8 Å². The number of aromatic amines is 1. The summed E-state index contributed by atoms with van der Waals surface area (Å²) in [7, 11) is 1.97. The number of thioether (sulfide) groups is 1. The zero-order valence-electron chi connectivity index (χ0n) is 9.38. The van der Waals surface area contributed by atoms with Gasteiger partial charge in [0.1, 0.15) is 0 Å². The van der Waals surface area contributed by atoms with Gasteiger partial charge in [0.2, 0.25) is 11.7 Å². The number of rotatable bonds is 3. The van der Waals surface area contributed by atoms with Crippen molar-refractivity contribution in [3.05, 3.63) is 18.3 Å². The van der Waals surface area contributed by atoms with Gasteiger partial charge >= 0.3 is 0 Å². The molecule has 1 aliphatic heterocycles. The van der Waals surface area contributed by atoms with Crippen molar-refractivity contribution in [1.82, 2.24) is 25.4 Å². The molecule has 2 N–H and O–H groups in total. The molecule has 0 spiro atoms. The molecule has 1 saturated heterocycles. The molecule has 1 aliphatic rings. The maximum atomic E-state index is 5.33. The molecule has 90 valence electrons. The summed E-state index contributed by atoms with van der Waals surface area (Å²) in [6, 6.07) is 0.407. The van der Waals surface area contributed by atoms with E-state index in [1.807, 2.05) is 18.8 Å². The Morgan fingerprint density at radius 2 is 2.47 bits per heavy atom. The SMILES string of the molecule is CNC1CSCC1c1nc(-c2ncc[nH]2)no1. The van der Waals surface area contributed by atoms with E-state index in [1.54, 1.807) is 12.4 Å². The van der Waals surface area contributed by atoms with Gasteiger partial charge in [0, 0.05) is 29.9 Å². The molecule has 2 aromatic rings. The molecule has 0 bridgehead atoms. The minimum Gasteiger partial charge on any atom is -0.342 e. The highest BCUT2D eigenvalue weighted by Gasteiger charge is 2.32. The summed E-state index contributed by atoms with van der Waals surface area (Å²) in [5.74, 6) is 4.26. The molecule has 2 unspecified atom stereocenters. The maximum Gasteiger partial charge on any atom is 0.238 e. The number of hydrogen-bond donors (Lipinski definition) is 2. The Labute approximate surface area is 103 Å². The van der Waals surface area contributed by atoms with Crippen LogP contribution < -0.4 is 5.32 Å². The van der Waals surface area contributed by atoms with Gasteiger partial charge in [0.25, 0.3) is 0 Å². The highest BCUT2D eigenvalue weighted by molar-refractivity contribution is 7.99. The number of nitrogens with one attached hydrogen (secondary N) is 2. The lowest BCUT2D eigenvalue weighted by molar-refractivity contribution is 0.344. The maximum absolute atomic E-state index is 5.33. The molecule has 17 heavy (non-hydrogen) atoms. The molecule has 2 aromatic heterocycles. The lowest BCUT2D eigenvalue weighted by atomic mass is 10.0. The molecule has 0 radical (unpaired) electrons. The Kier molecular flexibility index (Phi) is 2.86. The number of H-pyrrole nitrogens is 1. The summed E-state index contributed by atoms with van der Waals surface area (Å²) >= 11 is 1.90. The number of aromatic nitrogens is 4. The van der Waals surface area contributed by atoms with Gasteiger partial charge in [0.05, 0.1) is 5.92 Å². The topological polar surface area (TPSA) is 79.6 Å². The Hall–Kier alpha value is -1.34. The minimum absolute atomic E-state index is 0.293. The second kappa shape index (κ2) is 4.50. The van der Waals surface area contributed by atoms with E-state index >= 15 is 0 Å². The molecule has 0 aromatic carbocycles. The highest BCUT2D eigenvalue weighted by Crippen LogP contribution is 2.32. The van der Waals surface area contributed by atoms with Gasteiger partial charge in [0.15, 0.2) is 5.82 Å². The second-order valence-corrected chi connectivity index (χ2v) is 5.01. The molecule has 2 atom stereocenters. The average Bonchev–Trinajstić information content (AvgIpc) is 3.09. The zero-order chi connectivity index (χ0) is 11.7. The fraction of sp³-hybridized carbons (Fsp3) is 0.500. The van der Waals surface area contributed by atoms with Crippen LogP contribution in [0.2, 0.25) is 0 Å². The van der Waals surface area contributed by atoms with Crippen molar-refractivity contribution in [3.63, 3.8) is 0 Å². The summed E-state index contributed by atoms with van der Waals surface area (Å²) < 4.78 is 5.33. The number of imidazole rings is 1. The molecular weight excluding hydrogens is 238 g/mol. The van der Waals surface area contributed by atoms with Crippen LogP contribution in [0.1, 0.15) is 11.8 Å². The summed E-state index contributed by atoms with van der Waals surface area (Å²) in [4.78, 5) is 11.5. The van der Waals surface area contributed by atoms with Crippen molar-refractivity contribution in [2.45, 2.75) is 12.0 Å². The largest absolute Gasteiger partial charge is 0.342 e. The van der Waals surface area contributed by atoms with Crippen molar-refractivity contribution in [3.8, 4) is 11.6 Å². The van der Waals surface area contributed by atoms with Gasteiger partial charge in [-0.05, 0) is 7.05 Å². The van der Waals surface area contributed by atoms with Crippen LogP contribution in [0.15, 0.2) is 16.9 Å². The van der Waals surface area contributed by atoms with Crippen LogP contribution in [0.4, 0.5) is 0 Å². The lowest BCUT2D eigenvalue weighted by Gasteiger charge is -2.12. The van der Waals surface area contributed by atoms with Crippen LogP contribution in [0.25, 0.3) is 11.6 Å². The van der Waals surface area contributed by atoms with E-state index in [4.69, 9.17) is 4.52 Å². The van der Waals surface area contributed by atoms with Crippen molar-refractivity contribution in [2.24, 2.45) is 0 Å². The molecule has 3 rings (SSSR count). The quantitative estimate of drug-likeness (QED) is 0.843. The Bertz CT molecular complexity index is 483. The third-order valence-electron chi connectivity index (χ3n) is 2.92. The van der Waals surface area contributed by atoms with E-state index in [0.29, 0.717) is 29.5 Å². The molecule has 7 heteroatoms. The summed E-state index contributed by atoms with van der Waals surface area (Å²) in [5.41, 5.74) is 0. The molecule has 1 fully saturated rings. The first-order valence-electron chi connectivity index (χ1n) is 5.47. The number of nitrogens with zero attached hydrogens (tertiary/aromatic N) is 3. The average molecular weight is 251 g/mol. The monoisotopic (exact) mass is 251 g/mol. The van der Waals surface area contributed by atoms with E-state index in [0.717, 1.165) is 11.5 Å². The van der Waals surface area contributed by atoms with Crippen molar-refractivity contribution < 1.29 is 4.52 Å². The molecule has 0 aliphatic carbocycles. The predicted octanol–water partition coefficient (Wildman–Crippen LogP) is 0.878. The molecule has 6 nitrogen and oxygen atoms in total. The van der Waals surface area contributed by atoms with E-state index in [1.165, 1.54) is 0 Å². The fourth-order valence-corrected chi connectivity index (χ4v) is 3.37. The normalized spacial score (nSPS) is 24.3. The first-order chi connectivity index (χ1) is 8.38. The number of hydrogen-bond acceptors (Lipinski definition) is 6. The standard InChI is InChI=1S/C10H13N5OS/c1-11-7-5-17-4-6(7)10-14-9(15-16-10)8-12-2-3-13-8/h2-3,6-7,11H,4-5H2,1H3,(H,12,13). The van der Waals surface area contributed by atoms with Crippen molar-refractivity contribution >= 4 is 11.8 Å². The predicted molar refractivity (Wildman–Crippen MR) is 64.8 cm³/mol. The van der Waals surface area contributed by atoms with Gasteiger partial charge in [-0.2, -0.15) is 16.7 Å². The van der Waals surface area contributed by atoms with Gasteiger partial charge in [-0.1, -0.05) is 5.16 Å². The summed E-state index contributed by atoms with van der Waals surface area (Å²) in [6.07, 6.45) is 3.42. The lowest BCUT2D eigenvalue weighted by Crippen LogP contribution is -2.31. The third kappa shape index (κ3) is 1.96. The van der Waals surface area contributed by atoms with Gasteiger partial charge in [-0.25, -0.2) is 4.98 Å². The van der Waals surface area contributed by atoms with Crippen LogP contribution in [0.5, 0.6) is 0 Å². The van der Waals surface area contributed by atoms with Gasteiger partial charge in [-0.3, -0.25) is 0 Å². The first-order valence-corrected chi connectivity index (χ1v) is 6.62. The number of likely N-dealkylation sites (N-methyl/N-ethyl adjacent to an activating group) is 1. The molecular formula is C10H13N5OS. The van der Waals surface area contributed by atoms with Crippen LogP contribution in [-0.2, 0) is 0 Å². The van der Waals surface area contributed by atoms with E-state index in [9.17, 15) is 0 Å². The minimum atomic E-state index is 0.293. The molecule has 3 heterocycles. The van der Waals surface area contributed by atoms with E-state index < -0.39 is 0 Å². The fourth-order valence-electron chi connectivity index (χ4n) is 1.95. The van der Waals surface area contributed by atoms with Gasteiger partial charge in [-0.15, -0.1) is 0 Å². The van der Waals surface area contributed by atoms with Crippen LogP contribution in [0.3, 0.4) is 0 Å². The summed E-state index contributed by atoms with van der Waals surface area (Å²) in [5, 5.41) is 7.24. The third-order valence-corrected chi connectivity index (χ3v) is 4.11. The second-order valence-electron chi connectivity index (χ2n) is 3.93. The summed E-state index contributed by atoms with van der Waals surface area (Å²) in [6.45, 7) is 0. The van der Waals surface area contributed by atoms with E-state index in [-0.39, 0.29) is 0 Å².